The summed E-state index contributed by atoms with van der Waals surface area (Å²) >= 11 is 18.8. The number of halogens is 3. The number of piperidine rings is 1. The highest BCUT2D eigenvalue weighted by atomic mass is 35.5. The molecule has 192 valence electrons. The summed E-state index contributed by atoms with van der Waals surface area (Å²) in [5.41, 5.74) is -0.636. The van der Waals surface area contributed by atoms with E-state index < -0.39 is 5.60 Å². The van der Waals surface area contributed by atoms with E-state index in [0.29, 0.717) is 32.2 Å². The van der Waals surface area contributed by atoms with E-state index in [4.69, 9.17) is 39.5 Å². The standard InChI is InChI=1S/C26H29Cl3N4O3/c1-26(2,36-22-8-3-15(27)10-20(22)28)25(35)32-17-11-18-6-7-19(12-17)33(18)23-21(29)9-14(13-30-23)24(34)31-16-4-5-16/h3,8-10,13,16-19H,4-7,11-12H2,1-2H3,(H,31,34)(H,32,35). The number of nitrogens with zero attached hydrogens (tertiary/aromatic N) is 2. The molecule has 10 heteroatoms. The Morgan fingerprint density at radius 1 is 0.972 bits per heavy atom. The first kappa shape index (κ1) is 25.4. The van der Waals surface area contributed by atoms with E-state index in [9.17, 15) is 9.59 Å². The lowest BCUT2D eigenvalue weighted by molar-refractivity contribution is -0.135. The predicted molar refractivity (Wildman–Crippen MR) is 141 cm³/mol. The fraction of sp³-hybridized carbons (Fsp3) is 0.500. The first-order chi connectivity index (χ1) is 17.1. The lowest BCUT2D eigenvalue weighted by Crippen LogP contribution is -2.55. The van der Waals surface area contributed by atoms with Gasteiger partial charge in [0.2, 0.25) is 0 Å². The third-order valence-electron chi connectivity index (χ3n) is 7.12. The maximum absolute atomic E-state index is 13.1. The van der Waals surface area contributed by atoms with Crippen LogP contribution in [0.4, 0.5) is 5.82 Å². The smallest absolute Gasteiger partial charge is 0.263 e. The van der Waals surface area contributed by atoms with Gasteiger partial charge < -0.3 is 20.3 Å². The van der Waals surface area contributed by atoms with Crippen molar-refractivity contribution in [3.63, 3.8) is 0 Å². The summed E-state index contributed by atoms with van der Waals surface area (Å²) in [6, 6.07) is 7.34. The molecular weight excluding hydrogens is 523 g/mol. The highest BCUT2D eigenvalue weighted by molar-refractivity contribution is 6.35. The number of nitrogens with one attached hydrogen (secondary N) is 2. The third-order valence-corrected chi connectivity index (χ3v) is 7.92. The van der Waals surface area contributed by atoms with Gasteiger partial charge in [-0.25, -0.2) is 4.98 Å². The van der Waals surface area contributed by atoms with E-state index in [0.717, 1.165) is 38.5 Å². The zero-order valence-corrected chi connectivity index (χ0v) is 22.5. The van der Waals surface area contributed by atoms with Crippen LogP contribution in [0.15, 0.2) is 30.5 Å². The van der Waals surface area contributed by atoms with Gasteiger partial charge in [-0.3, -0.25) is 9.59 Å². The molecular formula is C26H29Cl3N4O3. The lowest BCUT2D eigenvalue weighted by Gasteiger charge is -2.41. The number of ether oxygens (including phenoxy) is 1. The molecule has 3 fully saturated rings. The monoisotopic (exact) mass is 550 g/mol. The van der Waals surface area contributed by atoms with Crippen LogP contribution in [0.2, 0.25) is 15.1 Å². The number of hydrogen-bond acceptors (Lipinski definition) is 5. The summed E-state index contributed by atoms with van der Waals surface area (Å²) in [4.78, 5) is 32.4. The second-order valence-corrected chi connectivity index (χ2v) is 11.6. The van der Waals surface area contributed by atoms with Gasteiger partial charge in [0.15, 0.2) is 5.60 Å². The molecule has 3 aliphatic rings. The third kappa shape index (κ3) is 5.38. The number of hydrogen-bond donors (Lipinski definition) is 2. The van der Waals surface area contributed by atoms with Crippen molar-refractivity contribution in [1.82, 2.24) is 15.6 Å². The van der Waals surface area contributed by atoms with Crippen molar-refractivity contribution in [2.75, 3.05) is 4.90 Å². The van der Waals surface area contributed by atoms with Crippen LogP contribution in [0.3, 0.4) is 0 Å². The fourth-order valence-electron chi connectivity index (χ4n) is 5.12. The van der Waals surface area contributed by atoms with Gasteiger partial charge in [0, 0.05) is 35.4 Å². The Morgan fingerprint density at radius 2 is 1.67 bits per heavy atom. The molecule has 2 amide bonds. The topological polar surface area (TPSA) is 83.6 Å². The van der Waals surface area contributed by atoms with Crippen molar-refractivity contribution in [3.05, 3.63) is 51.1 Å². The molecule has 2 unspecified atom stereocenters. The number of rotatable bonds is 7. The molecule has 0 radical (unpaired) electrons. The Kier molecular flexibility index (Phi) is 7.01. The van der Waals surface area contributed by atoms with Crippen molar-refractivity contribution in [1.29, 1.82) is 0 Å². The van der Waals surface area contributed by atoms with E-state index in [1.807, 2.05) is 0 Å². The van der Waals surface area contributed by atoms with Gasteiger partial charge in [-0.2, -0.15) is 0 Å². The van der Waals surface area contributed by atoms with E-state index in [1.165, 1.54) is 0 Å². The summed E-state index contributed by atoms with van der Waals surface area (Å²) in [7, 11) is 0. The van der Waals surface area contributed by atoms with E-state index in [2.05, 4.69) is 20.5 Å². The molecule has 1 aliphatic carbocycles. The SMILES string of the molecule is CC(C)(Oc1ccc(Cl)cc1Cl)C(=O)NC1CC2CCC(C1)N2c1ncc(C(=O)NC2CC2)cc1Cl. The number of carbonyl (C=O) groups excluding carboxylic acids is 2. The molecule has 3 heterocycles. The largest absolute Gasteiger partial charge is 0.476 e. The Morgan fingerprint density at radius 3 is 2.28 bits per heavy atom. The molecule has 2 bridgehead atoms. The second kappa shape index (κ2) is 9.92. The van der Waals surface area contributed by atoms with Crippen LogP contribution in [0.5, 0.6) is 5.75 Å². The Hall–Kier alpha value is -2.22. The van der Waals surface area contributed by atoms with Gasteiger partial charge in [0.25, 0.3) is 11.8 Å². The number of amides is 2. The van der Waals surface area contributed by atoms with Crippen LogP contribution < -0.4 is 20.3 Å². The van der Waals surface area contributed by atoms with E-state index >= 15 is 0 Å². The van der Waals surface area contributed by atoms with Crippen LogP contribution in [-0.4, -0.2) is 46.6 Å². The molecule has 7 nitrogen and oxygen atoms in total. The zero-order valence-electron chi connectivity index (χ0n) is 20.2. The summed E-state index contributed by atoms with van der Waals surface area (Å²) in [6.45, 7) is 3.45. The van der Waals surface area contributed by atoms with Crippen LogP contribution in [-0.2, 0) is 4.79 Å². The average Bonchev–Trinajstić information content (AvgIpc) is 3.59. The van der Waals surface area contributed by atoms with Crippen LogP contribution in [0.1, 0.15) is 62.7 Å². The van der Waals surface area contributed by atoms with E-state index in [1.54, 1.807) is 44.3 Å². The van der Waals surface area contributed by atoms with Crippen molar-refractivity contribution in [3.8, 4) is 5.75 Å². The van der Waals surface area contributed by atoms with Gasteiger partial charge in [-0.15, -0.1) is 0 Å². The minimum absolute atomic E-state index is 0.0113. The molecule has 2 N–H and O–H groups in total. The predicted octanol–water partition coefficient (Wildman–Crippen LogP) is 5.41. The van der Waals surface area contributed by atoms with Crippen molar-refractivity contribution in [2.24, 2.45) is 0 Å². The minimum atomic E-state index is -1.12. The van der Waals surface area contributed by atoms with Crippen molar-refractivity contribution in [2.45, 2.75) is 82.1 Å². The summed E-state index contributed by atoms with van der Waals surface area (Å²) in [5, 5.41) is 7.49. The number of aromatic nitrogens is 1. The summed E-state index contributed by atoms with van der Waals surface area (Å²) < 4.78 is 5.95. The normalized spacial score (nSPS) is 23.4. The molecule has 2 atom stereocenters. The Balaban J connectivity index is 1.22. The van der Waals surface area contributed by atoms with Crippen LogP contribution in [0.25, 0.3) is 0 Å². The molecule has 36 heavy (non-hydrogen) atoms. The van der Waals surface area contributed by atoms with Crippen molar-refractivity contribution < 1.29 is 14.3 Å². The van der Waals surface area contributed by atoms with Gasteiger partial charge in [-0.1, -0.05) is 34.8 Å². The van der Waals surface area contributed by atoms with Crippen molar-refractivity contribution >= 4 is 52.4 Å². The molecule has 0 spiro atoms. The number of anilines is 1. The molecule has 1 aromatic carbocycles. The van der Waals surface area contributed by atoms with Gasteiger partial charge in [-0.05, 0) is 76.6 Å². The molecule has 2 aliphatic heterocycles. The minimum Gasteiger partial charge on any atom is -0.476 e. The fourth-order valence-corrected chi connectivity index (χ4v) is 5.83. The maximum atomic E-state index is 13.1. The Labute approximate surface area is 225 Å². The highest BCUT2D eigenvalue weighted by Crippen LogP contribution is 2.41. The van der Waals surface area contributed by atoms with E-state index in [-0.39, 0.29) is 36.0 Å². The molecule has 1 saturated carbocycles. The second-order valence-electron chi connectivity index (χ2n) is 10.4. The highest BCUT2D eigenvalue weighted by Gasteiger charge is 2.44. The number of carbonyl (C=O) groups is 2. The number of pyridine rings is 1. The van der Waals surface area contributed by atoms with Crippen LogP contribution >= 0.6 is 34.8 Å². The Bertz CT molecular complexity index is 1170. The first-order valence-electron chi connectivity index (χ1n) is 12.3. The summed E-state index contributed by atoms with van der Waals surface area (Å²) in [5.74, 6) is 0.783. The quantitative estimate of drug-likeness (QED) is 0.481. The first-order valence-corrected chi connectivity index (χ1v) is 13.4. The summed E-state index contributed by atoms with van der Waals surface area (Å²) in [6.07, 6.45) is 7.21. The molecule has 2 saturated heterocycles. The van der Waals surface area contributed by atoms with Gasteiger partial charge in [0.1, 0.15) is 11.6 Å². The molecule has 1 aromatic heterocycles. The van der Waals surface area contributed by atoms with Gasteiger partial charge in [0.05, 0.1) is 15.6 Å². The zero-order chi connectivity index (χ0) is 25.6. The number of benzene rings is 1. The van der Waals surface area contributed by atoms with Gasteiger partial charge >= 0.3 is 0 Å². The average molecular weight is 552 g/mol. The molecule has 2 aromatic rings. The molecule has 5 rings (SSSR count). The lowest BCUT2D eigenvalue weighted by atomic mass is 9.96. The number of fused-ring (bicyclic) bond motifs is 2. The maximum Gasteiger partial charge on any atom is 0.263 e. The van der Waals surface area contributed by atoms with Crippen LogP contribution in [0, 0.1) is 0 Å².